The molecule has 3 aromatic rings. The van der Waals surface area contributed by atoms with Crippen molar-refractivity contribution in [2.75, 3.05) is 4.90 Å². The van der Waals surface area contributed by atoms with Crippen molar-refractivity contribution >= 4 is 27.4 Å². The molecule has 0 N–H and O–H groups in total. The van der Waals surface area contributed by atoms with Crippen LogP contribution >= 0.6 is 11.3 Å². The van der Waals surface area contributed by atoms with E-state index >= 15 is 0 Å². The molecule has 0 aromatic carbocycles. The van der Waals surface area contributed by atoms with E-state index in [1.165, 1.54) is 5.56 Å². The fourth-order valence-electron chi connectivity index (χ4n) is 2.81. The van der Waals surface area contributed by atoms with Gasteiger partial charge in [0.25, 0.3) is 0 Å². The second-order valence-electron chi connectivity index (χ2n) is 6.04. The van der Waals surface area contributed by atoms with Gasteiger partial charge in [0, 0.05) is 24.7 Å². The molecule has 5 nitrogen and oxygen atoms in total. The molecule has 0 fully saturated rings. The van der Waals surface area contributed by atoms with Gasteiger partial charge in [-0.3, -0.25) is 0 Å². The summed E-state index contributed by atoms with van der Waals surface area (Å²) in [5.41, 5.74) is 3.35. The van der Waals surface area contributed by atoms with Crippen LogP contribution in [-0.4, -0.2) is 19.9 Å². The number of anilines is 1. The third kappa shape index (κ3) is 2.33. The smallest absolute Gasteiger partial charge is 0.150 e. The highest BCUT2D eigenvalue weighted by Gasteiger charge is 2.24. The zero-order chi connectivity index (χ0) is 15.1. The first-order valence-corrected chi connectivity index (χ1v) is 8.35. The minimum Gasteiger partial charge on any atom is -0.345 e. The Morgan fingerprint density at radius 1 is 1.23 bits per heavy atom. The predicted octanol–water partition coefficient (Wildman–Crippen LogP) is 3.20. The summed E-state index contributed by atoms with van der Waals surface area (Å²) >= 11 is 1.69. The van der Waals surface area contributed by atoms with E-state index in [0.29, 0.717) is 5.92 Å². The van der Waals surface area contributed by atoms with E-state index in [0.717, 1.165) is 47.1 Å². The minimum absolute atomic E-state index is 0.572. The van der Waals surface area contributed by atoms with Crippen molar-refractivity contribution in [2.45, 2.75) is 33.4 Å². The molecule has 0 radical (unpaired) electrons. The van der Waals surface area contributed by atoms with Crippen LogP contribution in [-0.2, 0) is 19.5 Å². The van der Waals surface area contributed by atoms with Gasteiger partial charge in [-0.15, -0.1) is 11.3 Å². The lowest BCUT2D eigenvalue weighted by Gasteiger charge is -2.16. The quantitative estimate of drug-likeness (QED) is 0.743. The van der Waals surface area contributed by atoms with Gasteiger partial charge in [-0.1, -0.05) is 13.8 Å². The van der Waals surface area contributed by atoms with Gasteiger partial charge in [0.15, 0.2) is 5.82 Å². The predicted molar refractivity (Wildman–Crippen MR) is 87.9 cm³/mol. The summed E-state index contributed by atoms with van der Waals surface area (Å²) in [6, 6.07) is 2.04. The van der Waals surface area contributed by atoms with Crippen LogP contribution in [0.15, 0.2) is 24.0 Å². The molecule has 4 rings (SSSR count). The molecule has 0 unspecified atom stereocenters. The summed E-state index contributed by atoms with van der Waals surface area (Å²) in [6.45, 7) is 6.00. The van der Waals surface area contributed by atoms with E-state index in [1.54, 1.807) is 17.7 Å². The molecular weight excluding hydrogens is 294 g/mol. The van der Waals surface area contributed by atoms with Crippen LogP contribution in [0.25, 0.3) is 10.2 Å². The Balaban J connectivity index is 1.65. The number of hydrogen-bond acceptors (Lipinski definition) is 6. The van der Waals surface area contributed by atoms with Crippen molar-refractivity contribution < 1.29 is 0 Å². The molecule has 6 heteroatoms. The fraction of sp³-hybridized carbons (Fsp3) is 0.375. The van der Waals surface area contributed by atoms with E-state index in [9.17, 15) is 0 Å². The molecular formula is C16H17N5S. The largest absolute Gasteiger partial charge is 0.345 e. The molecule has 0 saturated carbocycles. The normalized spacial score (nSPS) is 14.0. The average molecular weight is 311 g/mol. The summed E-state index contributed by atoms with van der Waals surface area (Å²) in [7, 11) is 0. The van der Waals surface area contributed by atoms with E-state index in [-0.39, 0.29) is 0 Å². The summed E-state index contributed by atoms with van der Waals surface area (Å²) in [6.07, 6.45) is 4.55. The second kappa shape index (κ2) is 5.28. The molecule has 1 aliphatic rings. The maximum atomic E-state index is 4.74. The zero-order valence-corrected chi connectivity index (χ0v) is 13.5. The van der Waals surface area contributed by atoms with Crippen LogP contribution < -0.4 is 4.90 Å². The van der Waals surface area contributed by atoms with Crippen molar-refractivity contribution in [3.63, 3.8) is 0 Å². The molecule has 4 heterocycles. The standard InChI is InChI=1S/C16H17N5S/c1-10(2)5-14-17-6-11-7-21(8-13(11)20-14)16-15-12(3-4-22-15)18-9-19-16/h3-4,6,9-10H,5,7-8H2,1-2H3. The lowest BCUT2D eigenvalue weighted by atomic mass is 10.1. The number of fused-ring (bicyclic) bond motifs is 2. The van der Waals surface area contributed by atoms with E-state index in [1.807, 2.05) is 12.3 Å². The number of nitrogens with zero attached hydrogens (tertiary/aromatic N) is 5. The molecule has 0 saturated heterocycles. The van der Waals surface area contributed by atoms with Gasteiger partial charge in [-0.25, -0.2) is 19.9 Å². The molecule has 0 amide bonds. The maximum absolute atomic E-state index is 4.74. The highest BCUT2D eigenvalue weighted by Crippen LogP contribution is 2.32. The summed E-state index contributed by atoms with van der Waals surface area (Å²) in [5.74, 6) is 2.52. The van der Waals surface area contributed by atoms with Gasteiger partial charge in [0.1, 0.15) is 12.2 Å². The molecule has 0 spiro atoms. The SMILES string of the molecule is CC(C)Cc1ncc2c(n1)CN(c1ncnc3ccsc13)C2. The van der Waals surface area contributed by atoms with E-state index < -0.39 is 0 Å². The van der Waals surface area contributed by atoms with Crippen LogP contribution in [0.4, 0.5) is 5.82 Å². The average Bonchev–Trinajstić information content (AvgIpc) is 3.11. The third-order valence-corrected chi connectivity index (χ3v) is 4.72. The molecule has 0 atom stereocenters. The fourth-order valence-corrected chi connectivity index (χ4v) is 3.67. The Kier molecular flexibility index (Phi) is 3.26. The van der Waals surface area contributed by atoms with Gasteiger partial charge >= 0.3 is 0 Å². The van der Waals surface area contributed by atoms with Crippen LogP contribution in [0.5, 0.6) is 0 Å². The number of aromatic nitrogens is 4. The molecule has 112 valence electrons. The molecule has 22 heavy (non-hydrogen) atoms. The molecule has 3 aromatic heterocycles. The lowest BCUT2D eigenvalue weighted by molar-refractivity contribution is 0.617. The van der Waals surface area contributed by atoms with Gasteiger partial charge in [0.05, 0.1) is 22.5 Å². The second-order valence-corrected chi connectivity index (χ2v) is 6.96. The number of thiophene rings is 1. The molecule has 0 aliphatic carbocycles. The maximum Gasteiger partial charge on any atom is 0.150 e. The Bertz CT molecular complexity index is 826. The highest BCUT2D eigenvalue weighted by atomic mass is 32.1. The first-order chi connectivity index (χ1) is 10.7. The Hall–Kier alpha value is -2.08. The topological polar surface area (TPSA) is 54.8 Å². The lowest BCUT2D eigenvalue weighted by Crippen LogP contribution is -2.16. The van der Waals surface area contributed by atoms with Crippen molar-refractivity contribution in [3.8, 4) is 0 Å². The van der Waals surface area contributed by atoms with Crippen LogP contribution in [0, 0.1) is 5.92 Å². The van der Waals surface area contributed by atoms with Gasteiger partial charge in [-0.05, 0) is 17.4 Å². The Morgan fingerprint density at radius 2 is 2.14 bits per heavy atom. The van der Waals surface area contributed by atoms with Crippen molar-refractivity contribution in [1.82, 2.24) is 19.9 Å². The van der Waals surface area contributed by atoms with Crippen molar-refractivity contribution in [1.29, 1.82) is 0 Å². The van der Waals surface area contributed by atoms with Crippen LogP contribution in [0.3, 0.4) is 0 Å². The van der Waals surface area contributed by atoms with E-state index in [4.69, 9.17) is 4.98 Å². The van der Waals surface area contributed by atoms with Crippen LogP contribution in [0.1, 0.15) is 30.9 Å². The highest BCUT2D eigenvalue weighted by molar-refractivity contribution is 7.17. The number of rotatable bonds is 3. The van der Waals surface area contributed by atoms with Crippen molar-refractivity contribution in [3.05, 3.63) is 41.1 Å². The Morgan fingerprint density at radius 3 is 3.00 bits per heavy atom. The summed E-state index contributed by atoms with van der Waals surface area (Å²) < 4.78 is 1.14. The third-order valence-electron chi connectivity index (χ3n) is 3.82. The first-order valence-electron chi connectivity index (χ1n) is 7.47. The van der Waals surface area contributed by atoms with E-state index in [2.05, 4.69) is 39.1 Å². The van der Waals surface area contributed by atoms with Crippen LogP contribution in [0.2, 0.25) is 0 Å². The van der Waals surface area contributed by atoms with Gasteiger partial charge < -0.3 is 4.90 Å². The van der Waals surface area contributed by atoms with Gasteiger partial charge in [0.2, 0.25) is 0 Å². The monoisotopic (exact) mass is 311 g/mol. The van der Waals surface area contributed by atoms with Gasteiger partial charge in [-0.2, -0.15) is 0 Å². The minimum atomic E-state index is 0.572. The number of hydrogen-bond donors (Lipinski definition) is 0. The summed E-state index contributed by atoms with van der Waals surface area (Å²) in [5, 5.41) is 2.06. The zero-order valence-electron chi connectivity index (χ0n) is 12.7. The van der Waals surface area contributed by atoms with Crippen molar-refractivity contribution in [2.24, 2.45) is 5.92 Å². The first kappa shape index (κ1) is 13.6. The molecule has 1 aliphatic heterocycles. The molecule has 0 bridgehead atoms. The summed E-state index contributed by atoms with van der Waals surface area (Å²) in [4.78, 5) is 20.3. The Labute approximate surface area is 133 Å².